The fraction of sp³-hybridized carbons (Fsp3) is 0.0870. The minimum atomic E-state index is -4.74. The van der Waals surface area contributed by atoms with Crippen molar-refractivity contribution < 1.29 is 31.4 Å². The summed E-state index contributed by atoms with van der Waals surface area (Å²) < 4.78 is 62.1. The summed E-state index contributed by atoms with van der Waals surface area (Å²) in [6.07, 6.45) is -1.12. The average Bonchev–Trinajstić information content (AvgIpc) is 3.40. The molecule has 10 heteroatoms. The van der Waals surface area contributed by atoms with Gasteiger partial charge in [0.1, 0.15) is 34.1 Å². The molecule has 0 unspecified atom stereocenters. The highest BCUT2D eigenvalue weighted by Gasteiger charge is 2.31. The Kier molecular flexibility index (Phi) is 5.04. The maximum Gasteiger partial charge on any atom is 0.573 e. The van der Waals surface area contributed by atoms with Gasteiger partial charge >= 0.3 is 6.36 Å². The van der Waals surface area contributed by atoms with Gasteiger partial charge in [0.05, 0.1) is 5.56 Å². The van der Waals surface area contributed by atoms with Crippen LogP contribution in [0.5, 0.6) is 5.75 Å². The maximum atomic E-state index is 14.1. The Labute approximate surface area is 184 Å². The van der Waals surface area contributed by atoms with Crippen LogP contribution in [-0.2, 0) is 6.54 Å². The number of nitrogens with one attached hydrogen (secondary N) is 1. The third-order valence-electron chi connectivity index (χ3n) is 4.89. The van der Waals surface area contributed by atoms with E-state index in [1.54, 1.807) is 36.5 Å². The maximum absolute atomic E-state index is 14.1. The number of nitrogens with zero attached hydrogens (tertiary/aromatic N) is 3. The van der Waals surface area contributed by atoms with Crippen LogP contribution in [-0.4, -0.2) is 21.5 Å². The molecular formula is C23H15F4N4O2+. The molecule has 0 aliphatic carbocycles. The van der Waals surface area contributed by atoms with E-state index < -0.39 is 6.36 Å². The van der Waals surface area contributed by atoms with Gasteiger partial charge in [-0.2, -0.15) is 4.57 Å². The van der Waals surface area contributed by atoms with Gasteiger partial charge in [-0.25, -0.2) is 9.37 Å². The molecule has 0 saturated heterocycles. The van der Waals surface area contributed by atoms with Gasteiger partial charge in [0.25, 0.3) is 0 Å². The molecule has 33 heavy (non-hydrogen) atoms. The van der Waals surface area contributed by atoms with Crippen molar-refractivity contribution in [2.45, 2.75) is 12.9 Å². The quantitative estimate of drug-likeness (QED) is 0.290. The van der Waals surface area contributed by atoms with E-state index in [4.69, 9.17) is 4.52 Å². The molecule has 166 valence electrons. The molecule has 0 atom stereocenters. The lowest BCUT2D eigenvalue weighted by molar-refractivity contribution is -0.688. The predicted molar refractivity (Wildman–Crippen MR) is 109 cm³/mol. The summed E-state index contributed by atoms with van der Waals surface area (Å²) in [6.45, 7) is 0.353. The Hall–Kier alpha value is -4.21. The standard InChI is InChI=1S/C23H14F4N4O2/c24-18-4-2-1-3-17(18)22-28-19-9-10-31(13-21(19)29-22)12-16-11-20(30-33-16)14-5-7-15(8-6-14)32-23(25,26)27/h1-11,13H,12H2/p+1. The van der Waals surface area contributed by atoms with E-state index in [1.807, 2.05) is 10.8 Å². The summed E-state index contributed by atoms with van der Waals surface area (Å²) in [5, 5.41) is 3.99. The third-order valence-corrected chi connectivity index (χ3v) is 4.89. The van der Waals surface area contributed by atoms with Gasteiger partial charge in [-0.3, -0.25) is 0 Å². The molecule has 1 N–H and O–H groups in total. The zero-order valence-corrected chi connectivity index (χ0v) is 16.8. The fourth-order valence-corrected chi connectivity index (χ4v) is 3.41. The minimum absolute atomic E-state index is 0.312. The molecule has 6 nitrogen and oxygen atoms in total. The average molecular weight is 455 g/mol. The van der Waals surface area contributed by atoms with Gasteiger partial charge in [0, 0.05) is 17.7 Å². The molecule has 0 spiro atoms. The number of hydrogen-bond donors (Lipinski definition) is 1. The van der Waals surface area contributed by atoms with Crippen molar-refractivity contribution in [3.63, 3.8) is 0 Å². The van der Waals surface area contributed by atoms with Crippen molar-refractivity contribution in [2.24, 2.45) is 0 Å². The Morgan fingerprint density at radius 1 is 1.03 bits per heavy atom. The molecule has 3 heterocycles. The highest BCUT2D eigenvalue weighted by Crippen LogP contribution is 2.26. The smallest absolute Gasteiger partial charge is 0.406 e. The van der Waals surface area contributed by atoms with Crippen molar-refractivity contribution in [3.8, 4) is 28.4 Å². The van der Waals surface area contributed by atoms with Crippen LogP contribution < -0.4 is 9.30 Å². The summed E-state index contributed by atoms with van der Waals surface area (Å²) in [5.41, 5.74) is 2.85. The van der Waals surface area contributed by atoms with Crippen LogP contribution in [0.15, 0.2) is 77.6 Å². The van der Waals surface area contributed by atoms with E-state index in [9.17, 15) is 17.6 Å². The lowest BCUT2D eigenvalue weighted by atomic mass is 10.1. The summed E-state index contributed by atoms with van der Waals surface area (Å²) in [5.74, 6) is 0.296. The second-order valence-electron chi connectivity index (χ2n) is 7.23. The molecule has 0 bridgehead atoms. The van der Waals surface area contributed by atoms with Crippen LogP contribution in [0.3, 0.4) is 0 Å². The first-order valence-corrected chi connectivity index (χ1v) is 9.79. The van der Waals surface area contributed by atoms with E-state index in [-0.39, 0.29) is 11.6 Å². The second-order valence-corrected chi connectivity index (χ2v) is 7.23. The van der Waals surface area contributed by atoms with Gasteiger partial charge in [0.2, 0.25) is 12.3 Å². The summed E-state index contributed by atoms with van der Waals surface area (Å²) >= 11 is 0. The topological polar surface area (TPSA) is 67.8 Å². The van der Waals surface area contributed by atoms with E-state index in [0.717, 1.165) is 5.52 Å². The van der Waals surface area contributed by atoms with Gasteiger partial charge in [-0.15, -0.1) is 13.2 Å². The number of hydrogen-bond acceptors (Lipinski definition) is 4. The van der Waals surface area contributed by atoms with Crippen LogP contribution >= 0.6 is 0 Å². The zero-order chi connectivity index (χ0) is 23.0. The number of aromatic amines is 1. The lowest BCUT2D eigenvalue weighted by Crippen LogP contribution is -2.32. The van der Waals surface area contributed by atoms with Crippen molar-refractivity contribution in [1.29, 1.82) is 0 Å². The lowest BCUT2D eigenvalue weighted by Gasteiger charge is -2.08. The Balaban J connectivity index is 1.34. The highest BCUT2D eigenvalue weighted by molar-refractivity contribution is 5.77. The Morgan fingerprint density at radius 2 is 1.82 bits per heavy atom. The SMILES string of the molecule is Fc1ccccc1-c1nc2cc[n+](Cc3cc(-c4ccc(OC(F)(F)F)cc4)no3)cc2[nH]1. The van der Waals surface area contributed by atoms with E-state index in [2.05, 4.69) is 19.9 Å². The molecule has 2 aromatic carbocycles. The predicted octanol–water partition coefficient (Wildman–Crippen LogP) is 5.26. The van der Waals surface area contributed by atoms with Crippen molar-refractivity contribution in [2.75, 3.05) is 0 Å². The monoisotopic (exact) mass is 455 g/mol. The number of pyridine rings is 1. The number of halogens is 4. The summed E-state index contributed by atoms with van der Waals surface area (Å²) in [7, 11) is 0. The fourth-order valence-electron chi connectivity index (χ4n) is 3.41. The first-order chi connectivity index (χ1) is 15.8. The van der Waals surface area contributed by atoms with Crippen LogP contribution in [0.2, 0.25) is 0 Å². The normalized spacial score (nSPS) is 11.8. The van der Waals surface area contributed by atoms with Gasteiger partial charge < -0.3 is 14.2 Å². The van der Waals surface area contributed by atoms with E-state index in [0.29, 0.717) is 40.5 Å². The molecular weight excluding hydrogens is 440 g/mol. The van der Waals surface area contributed by atoms with Crippen LogP contribution in [0.4, 0.5) is 17.6 Å². The number of rotatable bonds is 5. The van der Waals surface area contributed by atoms with E-state index in [1.165, 1.54) is 30.3 Å². The van der Waals surface area contributed by atoms with Crippen LogP contribution in [0.1, 0.15) is 5.76 Å². The van der Waals surface area contributed by atoms with Crippen LogP contribution in [0, 0.1) is 5.82 Å². The van der Waals surface area contributed by atoms with Crippen molar-refractivity contribution in [3.05, 3.63) is 84.6 Å². The minimum Gasteiger partial charge on any atom is -0.406 e. The van der Waals surface area contributed by atoms with Crippen LogP contribution in [0.25, 0.3) is 33.7 Å². The number of aromatic nitrogens is 4. The first kappa shape index (κ1) is 20.7. The van der Waals surface area contributed by atoms with E-state index >= 15 is 0 Å². The zero-order valence-electron chi connectivity index (χ0n) is 16.8. The van der Waals surface area contributed by atoms with Gasteiger partial charge in [-0.05, 0) is 36.4 Å². The summed E-state index contributed by atoms with van der Waals surface area (Å²) in [4.78, 5) is 7.56. The van der Waals surface area contributed by atoms with Crippen molar-refractivity contribution >= 4 is 11.0 Å². The number of H-pyrrole nitrogens is 1. The highest BCUT2D eigenvalue weighted by atomic mass is 19.4. The first-order valence-electron chi connectivity index (χ1n) is 9.79. The molecule has 0 fully saturated rings. The molecule has 0 aliphatic heterocycles. The largest absolute Gasteiger partial charge is 0.573 e. The molecule has 5 aromatic rings. The van der Waals surface area contributed by atoms with Crippen molar-refractivity contribution in [1.82, 2.24) is 15.1 Å². The number of imidazole rings is 1. The number of alkyl halides is 3. The number of benzene rings is 2. The van der Waals surface area contributed by atoms with Gasteiger partial charge in [-0.1, -0.05) is 17.3 Å². The Morgan fingerprint density at radius 3 is 2.58 bits per heavy atom. The Bertz CT molecular complexity index is 1420. The number of ether oxygens (including phenoxy) is 1. The molecule has 0 radical (unpaired) electrons. The molecule has 0 saturated carbocycles. The second kappa shape index (κ2) is 8.05. The summed E-state index contributed by atoms with van der Waals surface area (Å²) in [6, 6.07) is 15.3. The molecule has 0 aliphatic rings. The molecule has 0 amide bonds. The van der Waals surface area contributed by atoms with Gasteiger partial charge in [0.15, 0.2) is 12.4 Å². The molecule has 3 aromatic heterocycles. The number of fused-ring (bicyclic) bond motifs is 1. The molecule has 5 rings (SSSR count). The third kappa shape index (κ3) is 4.54.